The molecule has 1 fully saturated rings. The lowest BCUT2D eigenvalue weighted by Gasteiger charge is -2.27. The van der Waals surface area contributed by atoms with Crippen LogP contribution in [0.1, 0.15) is 38.2 Å². The van der Waals surface area contributed by atoms with Crippen LogP contribution >= 0.6 is 0 Å². The van der Waals surface area contributed by atoms with E-state index in [1.54, 1.807) is 6.20 Å². The van der Waals surface area contributed by atoms with Gasteiger partial charge in [0.25, 0.3) is 0 Å². The zero-order chi connectivity index (χ0) is 12.1. The lowest BCUT2D eigenvalue weighted by Crippen LogP contribution is -2.32. The molecule has 3 N–H and O–H groups in total. The molecule has 1 aliphatic heterocycles. The van der Waals surface area contributed by atoms with Gasteiger partial charge >= 0.3 is 0 Å². The highest BCUT2D eigenvalue weighted by Gasteiger charge is 2.18. The van der Waals surface area contributed by atoms with Crippen LogP contribution in [0.4, 0.5) is 5.82 Å². The van der Waals surface area contributed by atoms with Crippen molar-refractivity contribution >= 4 is 5.82 Å². The molecule has 0 saturated carbocycles. The summed E-state index contributed by atoms with van der Waals surface area (Å²) in [5.41, 5.74) is 3.86. The summed E-state index contributed by atoms with van der Waals surface area (Å²) in [6, 6.07) is 4.72. The maximum atomic E-state index is 5.49. The van der Waals surface area contributed by atoms with Gasteiger partial charge in [0.05, 0.1) is 0 Å². The van der Waals surface area contributed by atoms with E-state index in [-0.39, 0.29) is 0 Å². The van der Waals surface area contributed by atoms with E-state index in [1.807, 2.05) is 6.07 Å². The Bertz CT molecular complexity index is 353. The van der Waals surface area contributed by atoms with Gasteiger partial charge in [-0.2, -0.15) is 0 Å². The molecule has 1 aromatic rings. The van der Waals surface area contributed by atoms with Gasteiger partial charge in [-0.15, -0.1) is 0 Å². The van der Waals surface area contributed by atoms with Crippen LogP contribution in [0, 0.1) is 0 Å². The van der Waals surface area contributed by atoms with Gasteiger partial charge in [0.1, 0.15) is 5.82 Å². The summed E-state index contributed by atoms with van der Waals surface area (Å²) < 4.78 is 0. The molecule has 94 valence electrons. The van der Waals surface area contributed by atoms with Crippen molar-refractivity contribution < 1.29 is 0 Å². The van der Waals surface area contributed by atoms with Gasteiger partial charge in [-0.25, -0.2) is 10.8 Å². The number of nitrogens with two attached hydrogens (primary N) is 1. The number of nitrogens with one attached hydrogen (secondary N) is 1. The molecule has 4 nitrogen and oxygen atoms in total. The van der Waals surface area contributed by atoms with Crippen LogP contribution in [-0.2, 0) is 6.54 Å². The molecule has 1 atom stereocenters. The summed E-state index contributed by atoms with van der Waals surface area (Å²) in [6.07, 6.45) is 7.08. The minimum atomic E-state index is 0.656. The summed E-state index contributed by atoms with van der Waals surface area (Å²) in [5.74, 6) is 6.29. The Morgan fingerprint density at radius 3 is 3.18 bits per heavy atom. The Balaban J connectivity index is 2.07. The third kappa shape index (κ3) is 3.17. The van der Waals surface area contributed by atoms with Crippen LogP contribution in [0.2, 0.25) is 0 Å². The molecule has 4 heteroatoms. The molecular weight excluding hydrogens is 212 g/mol. The molecule has 2 rings (SSSR count). The lowest BCUT2D eigenvalue weighted by atomic mass is 10.1. The first kappa shape index (κ1) is 12.3. The molecule has 0 radical (unpaired) electrons. The first-order chi connectivity index (χ1) is 8.31. The normalized spacial score (nSPS) is 22.1. The van der Waals surface area contributed by atoms with E-state index in [4.69, 9.17) is 5.84 Å². The predicted molar refractivity (Wildman–Crippen MR) is 70.4 cm³/mol. The van der Waals surface area contributed by atoms with Crippen LogP contribution in [-0.4, -0.2) is 22.5 Å². The second kappa shape index (κ2) is 5.98. The van der Waals surface area contributed by atoms with Crippen LogP contribution in [0.25, 0.3) is 0 Å². The molecule has 1 aliphatic rings. The number of hydrogen-bond acceptors (Lipinski definition) is 4. The number of hydrogen-bond donors (Lipinski definition) is 2. The van der Waals surface area contributed by atoms with Gasteiger partial charge in [0, 0.05) is 24.3 Å². The van der Waals surface area contributed by atoms with Crippen molar-refractivity contribution in [3.05, 3.63) is 23.9 Å². The highest BCUT2D eigenvalue weighted by molar-refractivity contribution is 5.42. The second-order valence-electron chi connectivity index (χ2n) is 4.82. The van der Waals surface area contributed by atoms with Crippen molar-refractivity contribution in [3.63, 3.8) is 0 Å². The van der Waals surface area contributed by atoms with Crippen LogP contribution in [0.3, 0.4) is 0 Å². The number of pyridine rings is 1. The van der Waals surface area contributed by atoms with E-state index in [0.717, 1.165) is 12.4 Å². The van der Waals surface area contributed by atoms with Crippen LogP contribution < -0.4 is 11.3 Å². The third-order valence-corrected chi connectivity index (χ3v) is 3.59. The first-order valence-electron chi connectivity index (χ1n) is 6.46. The number of rotatable bonds is 3. The highest BCUT2D eigenvalue weighted by Crippen LogP contribution is 2.20. The maximum absolute atomic E-state index is 5.49. The van der Waals surface area contributed by atoms with Crippen molar-refractivity contribution in [1.82, 2.24) is 9.88 Å². The van der Waals surface area contributed by atoms with E-state index >= 15 is 0 Å². The van der Waals surface area contributed by atoms with E-state index in [0.29, 0.717) is 6.04 Å². The molecule has 1 aromatic heterocycles. The predicted octanol–water partition coefficient (Wildman–Crippen LogP) is 2.13. The highest BCUT2D eigenvalue weighted by atomic mass is 15.3. The fourth-order valence-electron chi connectivity index (χ4n) is 2.48. The molecule has 0 aliphatic carbocycles. The molecule has 0 bridgehead atoms. The summed E-state index contributed by atoms with van der Waals surface area (Å²) in [5, 5.41) is 0. The smallest absolute Gasteiger partial charge is 0.144 e. The standard InChI is InChI=1S/C13H22N4/c1-11-6-3-2-4-9-17(11)10-12-7-5-8-15-13(12)16-14/h5,7-8,11H,2-4,6,9-10,14H2,1H3,(H,15,16). The summed E-state index contributed by atoms with van der Waals surface area (Å²) in [7, 11) is 0. The van der Waals surface area contributed by atoms with Crippen molar-refractivity contribution in [2.45, 2.75) is 45.2 Å². The second-order valence-corrected chi connectivity index (χ2v) is 4.82. The fourth-order valence-corrected chi connectivity index (χ4v) is 2.48. The quantitative estimate of drug-likeness (QED) is 0.621. The molecule has 0 spiro atoms. The summed E-state index contributed by atoms with van der Waals surface area (Å²) in [6.45, 7) is 4.44. The Labute approximate surface area is 103 Å². The number of nitrogen functional groups attached to an aromatic ring is 1. The van der Waals surface area contributed by atoms with Crippen molar-refractivity contribution in [2.75, 3.05) is 12.0 Å². The Kier molecular flexibility index (Phi) is 4.34. The number of likely N-dealkylation sites (tertiary alicyclic amines) is 1. The number of aromatic nitrogens is 1. The van der Waals surface area contributed by atoms with Crippen LogP contribution in [0.15, 0.2) is 18.3 Å². The van der Waals surface area contributed by atoms with Gasteiger partial charge in [-0.3, -0.25) is 4.90 Å². The zero-order valence-electron chi connectivity index (χ0n) is 10.5. The van der Waals surface area contributed by atoms with E-state index in [2.05, 4.69) is 28.3 Å². The zero-order valence-corrected chi connectivity index (χ0v) is 10.5. The lowest BCUT2D eigenvalue weighted by molar-refractivity contribution is 0.205. The van der Waals surface area contributed by atoms with Gasteiger partial charge in [0.2, 0.25) is 0 Å². The first-order valence-corrected chi connectivity index (χ1v) is 6.46. The molecular formula is C13H22N4. The van der Waals surface area contributed by atoms with Crippen LogP contribution in [0.5, 0.6) is 0 Å². The monoisotopic (exact) mass is 234 g/mol. The summed E-state index contributed by atoms with van der Waals surface area (Å²) in [4.78, 5) is 6.78. The van der Waals surface area contributed by atoms with Gasteiger partial charge in [0.15, 0.2) is 0 Å². The average Bonchev–Trinajstić information content (AvgIpc) is 2.56. The SMILES string of the molecule is CC1CCCCCN1Cc1cccnc1NN. The third-order valence-electron chi connectivity index (χ3n) is 3.59. The maximum Gasteiger partial charge on any atom is 0.144 e. The van der Waals surface area contributed by atoms with Gasteiger partial charge in [-0.05, 0) is 32.4 Å². The Hall–Kier alpha value is -1.13. The topological polar surface area (TPSA) is 54.2 Å². The van der Waals surface area contributed by atoms with Crippen molar-refractivity contribution in [2.24, 2.45) is 5.84 Å². The van der Waals surface area contributed by atoms with Crippen molar-refractivity contribution in [1.29, 1.82) is 0 Å². The van der Waals surface area contributed by atoms with Gasteiger partial charge in [-0.1, -0.05) is 18.9 Å². The molecule has 1 unspecified atom stereocenters. The van der Waals surface area contributed by atoms with Crippen molar-refractivity contribution in [3.8, 4) is 0 Å². The average molecular weight is 234 g/mol. The summed E-state index contributed by atoms with van der Waals surface area (Å²) >= 11 is 0. The number of anilines is 1. The minimum absolute atomic E-state index is 0.656. The molecule has 1 saturated heterocycles. The van der Waals surface area contributed by atoms with E-state index in [1.165, 1.54) is 37.8 Å². The Morgan fingerprint density at radius 1 is 1.47 bits per heavy atom. The fraction of sp³-hybridized carbons (Fsp3) is 0.615. The largest absolute Gasteiger partial charge is 0.308 e. The van der Waals surface area contributed by atoms with Gasteiger partial charge < -0.3 is 5.43 Å². The number of nitrogens with zero attached hydrogens (tertiary/aromatic N) is 2. The Morgan fingerprint density at radius 2 is 2.35 bits per heavy atom. The van der Waals surface area contributed by atoms with E-state index < -0.39 is 0 Å². The molecule has 0 amide bonds. The molecule has 2 heterocycles. The number of hydrazine groups is 1. The molecule has 17 heavy (non-hydrogen) atoms. The van der Waals surface area contributed by atoms with E-state index in [9.17, 15) is 0 Å². The molecule has 0 aromatic carbocycles. The minimum Gasteiger partial charge on any atom is -0.308 e.